The van der Waals surface area contributed by atoms with Crippen LogP contribution in [0.3, 0.4) is 0 Å². The zero-order chi connectivity index (χ0) is 26.0. The summed E-state index contributed by atoms with van der Waals surface area (Å²) < 4.78 is 10.8. The van der Waals surface area contributed by atoms with E-state index in [2.05, 4.69) is 15.5 Å². The Kier molecular flexibility index (Phi) is 10.8. The lowest BCUT2D eigenvalue weighted by Crippen LogP contribution is -2.51. The highest BCUT2D eigenvalue weighted by molar-refractivity contribution is 5.97. The summed E-state index contributed by atoms with van der Waals surface area (Å²) in [6.07, 6.45) is 0.520. The number of benzene rings is 1. The predicted octanol–water partition coefficient (Wildman–Crippen LogP) is 2.90. The number of hydrogen-bond acceptors (Lipinski definition) is 6. The number of hydrogen-bond donors (Lipinski definition) is 2. The molecule has 2 rings (SSSR count). The molecule has 0 radical (unpaired) electrons. The van der Waals surface area contributed by atoms with Crippen LogP contribution in [0, 0.1) is 5.92 Å². The average Bonchev–Trinajstić information content (AvgIpc) is 2.79. The maximum Gasteiger partial charge on any atom is 0.410 e. The molecule has 1 saturated heterocycles. The number of ether oxygens (including phenoxy) is 2. The molecule has 0 saturated carbocycles. The van der Waals surface area contributed by atoms with Crippen molar-refractivity contribution in [3.8, 4) is 5.75 Å². The molecule has 0 spiro atoms. The molecule has 1 aromatic carbocycles. The van der Waals surface area contributed by atoms with Crippen LogP contribution in [0.25, 0.3) is 0 Å². The third-order valence-electron chi connectivity index (χ3n) is 5.64. The molecule has 1 heterocycles. The van der Waals surface area contributed by atoms with E-state index in [1.54, 1.807) is 29.2 Å². The minimum atomic E-state index is -0.619. The van der Waals surface area contributed by atoms with Crippen molar-refractivity contribution >= 4 is 17.9 Å². The molecular weight excluding hydrogens is 448 g/mol. The average molecular weight is 491 g/mol. The maximum absolute atomic E-state index is 12.8. The van der Waals surface area contributed by atoms with E-state index in [0.29, 0.717) is 37.6 Å². The van der Waals surface area contributed by atoms with Crippen LogP contribution >= 0.6 is 0 Å². The van der Waals surface area contributed by atoms with Crippen LogP contribution in [0.2, 0.25) is 0 Å². The molecule has 9 nitrogen and oxygen atoms in total. The van der Waals surface area contributed by atoms with Gasteiger partial charge in [-0.15, -0.1) is 0 Å². The highest BCUT2D eigenvalue weighted by Crippen LogP contribution is 2.14. The third-order valence-corrected chi connectivity index (χ3v) is 5.64. The van der Waals surface area contributed by atoms with Crippen molar-refractivity contribution in [1.29, 1.82) is 0 Å². The van der Waals surface area contributed by atoms with Gasteiger partial charge in [-0.25, -0.2) is 4.79 Å². The molecule has 0 aliphatic carbocycles. The van der Waals surface area contributed by atoms with Crippen LogP contribution in [-0.2, 0) is 9.53 Å². The standard InChI is InChI=1S/C26H42N4O5/c1-7-34-21-11-9-20(10-12-21)23(31)28-22(19(2)3)24(32)27-13-8-14-29-15-17-30(18-16-29)25(33)35-26(4,5)6/h9-12,19,22H,7-8,13-18H2,1-6H3,(H,27,32)(H,28,31). The molecule has 0 bridgehead atoms. The van der Waals surface area contributed by atoms with Gasteiger partial charge in [-0.3, -0.25) is 14.5 Å². The maximum atomic E-state index is 12.8. The van der Waals surface area contributed by atoms with Gasteiger partial charge in [0.2, 0.25) is 5.91 Å². The van der Waals surface area contributed by atoms with E-state index in [1.807, 2.05) is 41.5 Å². The quantitative estimate of drug-likeness (QED) is 0.489. The van der Waals surface area contributed by atoms with Crippen molar-refractivity contribution in [2.24, 2.45) is 5.92 Å². The lowest BCUT2D eigenvalue weighted by molar-refractivity contribution is -0.123. The Bertz CT molecular complexity index is 827. The SMILES string of the molecule is CCOc1ccc(C(=O)NC(C(=O)NCCCN2CCN(C(=O)OC(C)(C)C)CC2)C(C)C)cc1. The van der Waals surface area contributed by atoms with Gasteiger partial charge in [0.15, 0.2) is 0 Å². The lowest BCUT2D eigenvalue weighted by Gasteiger charge is -2.35. The van der Waals surface area contributed by atoms with Crippen molar-refractivity contribution < 1.29 is 23.9 Å². The molecule has 35 heavy (non-hydrogen) atoms. The van der Waals surface area contributed by atoms with Crippen LogP contribution in [0.1, 0.15) is 58.3 Å². The Hall–Kier alpha value is -2.81. The molecule has 9 heteroatoms. The summed E-state index contributed by atoms with van der Waals surface area (Å²) in [4.78, 5) is 41.6. The van der Waals surface area contributed by atoms with E-state index >= 15 is 0 Å². The minimum absolute atomic E-state index is 0.0532. The zero-order valence-corrected chi connectivity index (χ0v) is 22.1. The summed E-state index contributed by atoms with van der Waals surface area (Å²) in [6.45, 7) is 16.0. The number of nitrogens with one attached hydrogen (secondary N) is 2. The second-order valence-corrected chi connectivity index (χ2v) is 10.1. The number of amides is 3. The van der Waals surface area contributed by atoms with E-state index in [0.717, 1.165) is 26.1 Å². The molecule has 1 aliphatic rings. The zero-order valence-electron chi connectivity index (χ0n) is 22.1. The summed E-state index contributed by atoms with van der Waals surface area (Å²) in [6, 6.07) is 6.26. The Morgan fingerprint density at radius 3 is 2.20 bits per heavy atom. The van der Waals surface area contributed by atoms with Crippen LogP contribution in [0.15, 0.2) is 24.3 Å². The highest BCUT2D eigenvalue weighted by atomic mass is 16.6. The van der Waals surface area contributed by atoms with Crippen molar-refractivity contribution in [2.45, 2.75) is 59.6 Å². The van der Waals surface area contributed by atoms with Gasteiger partial charge in [0.05, 0.1) is 6.61 Å². The molecule has 1 aliphatic heterocycles. The normalized spacial score (nSPS) is 15.5. The summed E-state index contributed by atoms with van der Waals surface area (Å²) in [7, 11) is 0. The fraction of sp³-hybridized carbons (Fsp3) is 0.654. The molecule has 1 aromatic rings. The second-order valence-electron chi connectivity index (χ2n) is 10.1. The summed E-state index contributed by atoms with van der Waals surface area (Å²) in [5, 5.41) is 5.81. The molecule has 196 valence electrons. The first-order valence-electron chi connectivity index (χ1n) is 12.5. The van der Waals surface area contributed by atoms with Crippen LogP contribution in [-0.4, -0.2) is 85.2 Å². The monoisotopic (exact) mass is 490 g/mol. The number of carbonyl (C=O) groups is 3. The fourth-order valence-corrected chi connectivity index (χ4v) is 3.73. The molecule has 1 atom stereocenters. The van der Waals surface area contributed by atoms with Gasteiger partial charge < -0.3 is 25.0 Å². The summed E-state index contributed by atoms with van der Waals surface area (Å²) >= 11 is 0. The molecule has 2 N–H and O–H groups in total. The first-order chi connectivity index (χ1) is 16.5. The Labute approximate surface area is 209 Å². The molecule has 1 fully saturated rings. The van der Waals surface area contributed by atoms with Gasteiger partial charge in [-0.2, -0.15) is 0 Å². The lowest BCUT2D eigenvalue weighted by atomic mass is 10.0. The molecule has 1 unspecified atom stereocenters. The topological polar surface area (TPSA) is 100 Å². The van der Waals surface area contributed by atoms with Gasteiger partial charge >= 0.3 is 6.09 Å². The number of carbonyl (C=O) groups excluding carboxylic acids is 3. The van der Waals surface area contributed by atoms with Crippen LogP contribution in [0.4, 0.5) is 4.79 Å². The minimum Gasteiger partial charge on any atom is -0.494 e. The van der Waals surface area contributed by atoms with Gasteiger partial charge in [0.1, 0.15) is 17.4 Å². The Morgan fingerprint density at radius 1 is 1.03 bits per heavy atom. The van der Waals surface area contributed by atoms with Crippen molar-refractivity contribution in [1.82, 2.24) is 20.4 Å². The van der Waals surface area contributed by atoms with Crippen molar-refractivity contribution in [3.63, 3.8) is 0 Å². The van der Waals surface area contributed by atoms with E-state index < -0.39 is 11.6 Å². The summed E-state index contributed by atoms with van der Waals surface area (Å²) in [5.74, 6) is 0.176. The predicted molar refractivity (Wildman–Crippen MR) is 136 cm³/mol. The number of piperazine rings is 1. The summed E-state index contributed by atoms with van der Waals surface area (Å²) in [5.41, 5.74) is -0.00837. The van der Waals surface area contributed by atoms with Crippen molar-refractivity contribution in [3.05, 3.63) is 29.8 Å². The van der Waals surface area contributed by atoms with Gasteiger partial charge in [-0.1, -0.05) is 13.8 Å². The van der Waals surface area contributed by atoms with E-state index in [4.69, 9.17) is 9.47 Å². The van der Waals surface area contributed by atoms with Gasteiger partial charge in [-0.05, 0) is 70.8 Å². The Morgan fingerprint density at radius 2 is 1.66 bits per heavy atom. The van der Waals surface area contributed by atoms with E-state index in [9.17, 15) is 14.4 Å². The van der Waals surface area contributed by atoms with E-state index in [-0.39, 0.29) is 23.8 Å². The number of rotatable bonds is 10. The van der Waals surface area contributed by atoms with Gasteiger partial charge in [0.25, 0.3) is 5.91 Å². The molecule has 3 amide bonds. The van der Waals surface area contributed by atoms with Crippen LogP contribution in [0.5, 0.6) is 5.75 Å². The first-order valence-corrected chi connectivity index (χ1v) is 12.5. The Balaban J connectivity index is 1.73. The van der Waals surface area contributed by atoms with Crippen molar-refractivity contribution in [2.75, 3.05) is 45.9 Å². The third kappa shape index (κ3) is 9.76. The first kappa shape index (κ1) is 28.4. The highest BCUT2D eigenvalue weighted by Gasteiger charge is 2.26. The molecular formula is C26H42N4O5. The largest absolute Gasteiger partial charge is 0.494 e. The van der Waals surface area contributed by atoms with Crippen LogP contribution < -0.4 is 15.4 Å². The van der Waals surface area contributed by atoms with Gasteiger partial charge in [0, 0.05) is 38.3 Å². The fourth-order valence-electron chi connectivity index (χ4n) is 3.73. The second kappa shape index (κ2) is 13.3. The van der Waals surface area contributed by atoms with E-state index in [1.165, 1.54) is 0 Å². The molecule has 0 aromatic heterocycles. The number of nitrogens with zero attached hydrogens (tertiary/aromatic N) is 2. The smallest absolute Gasteiger partial charge is 0.410 e.